The van der Waals surface area contributed by atoms with Crippen LogP contribution in [0.3, 0.4) is 0 Å². The van der Waals surface area contributed by atoms with Gasteiger partial charge in [0.05, 0.1) is 11.3 Å². The third-order valence-electron chi connectivity index (χ3n) is 2.37. The second kappa shape index (κ2) is 8.22. The molecule has 0 aliphatic carbocycles. The van der Waals surface area contributed by atoms with Gasteiger partial charge >= 0.3 is 5.97 Å². The predicted molar refractivity (Wildman–Crippen MR) is 103 cm³/mol. The van der Waals surface area contributed by atoms with E-state index in [1.165, 1.54) is 0 Å². The molecule has 21 heavy (non-hydrogen) atoms. The molecule has 3 N–H and O–H groups in total. The summed E-state index contributed by atoms with van der Waals surface area (Å²) < 4.78 is 1.53. The van der Waals surface area contributed by atoms with Crippen molar-refractivity contribution < 1.29 is 14.7 Å². The number of aromatic carboxylic acids is 1. The molecule has 0 unspecified atom stereocenters. The molecule has 0 aromatic heterocycles. The lowest BCUT2D eigenvalue weighted by Gasteiger charge is -2.14. The molecule has 0 saturated heterocycles. The molecule has 1 aromatic carbocycles. The van der Waals surface area contributed by atoms with Crippen LogP contribution in [0.25, 0.3) is 0 Å². The maximum atomic E-state index is 11.7. The summed E-state index contributed by atoms with van der Waals surface area (Å²) >= 11 is 9.14. The van der Waals surface area contributed by atoms with E-state index < -0.39 is 5.97 Å². The number of nitrogens with one attached hydrogen (secondary N) is 2. The summed E-state index contributed by atoms with van der Waals surface area (Å²) in [4.78, 5) is 23.0. The van der Waals surface area contributed by atoms with Crippen molar-refractivity contribution in [2.24, 2.45) is 5.92 Å². The Morgan fingerprint density at radius 2 is 1.95 bits per heavy atom. The second-order valence-corrected chi connectivity index (χ2v) is 7.53. The number of benzene rings is 1. The molecule has 0 aliphatic rings. The van der Waals surface area contributed by atoms with Crippen LogP contribution in [0.15, 0.2) is 12.1 Å². The van der Waals surface area contributed by atoms with Gasteiger partial charge < -0.3 is 15.7 Å². The lowest BCUT2D eigenvalue weighted by atomic mass is 10.1. The first-order chi connectivity index (χ1) is 9.70. The van der Waals surface area contributed by atoms with Gasteiger partial charge in [-0.1, -0.05) is 13.8 Å². The molecule has 0 bridgehead atoms. The van der Waals surface area contributed by atoms with Crippen LogP contribution in [0, 0.1) is 13.1 Å². The van der Waals surface area contributed by atoms with Crippen LogP contribution < -0.4 is 10.6 Å². The first kappa shape index (κ1) is 18.6. The van der Waals surface area contributed by atoms with Gasteiger partial charge in [-0.25, -0.2) is 4.79 Å². The monoisotopic (exact) mass is 532 g/mol. The van der Waals surface area contributed by atoms with Crippen molar-refractivity contribution in [3.63, 3.8) is 0 Å². The smallest absolute Gasteiger partial charge is 0.337 e. The number of carboxylic acids is 1. The molecule has 0 spiro atoms. The zero-order valence-electron chi connectivity index (χ0n) is 11.4. The molecule has 0 atom stereocenters. The number of anilines is 1. The van der Waals surface area contributed by atoms with Crippen molar-refractivity contribution in [3.8, 4) is 0 Å². The Labute approximate surface area is 155 Å². The molecule has 1 rings (SSSR count). The van der Waals surface area contributed by atoms with Gasteiger partial charge in [0.1, 0.15) is 0 Å². The standard InChI is InChI=1S/C13H14I2N2O3S/c1-6(2)3-10(18)16-13(21)17-11-8(12(19)20)4-7(14)5-9(11)15/h4-6H,3H2,1-2H3,(H,19,20)(H2,16,17,18,21). The van der Waals surface area contributed by atoms with Gasteiger partial charge in [0, 0.05) is 13.6 Å². The van der Waals surface area contributed by atoms with Crippen molar-refractivity contribution in [1.29, 1.82) is 0 Å². The fourth-order valence-electron chi connectivity index (χ4n) is 1.56. The molecule has 0 radical (unpaired) electrons. The zero-order chi connectivity index (χ0) is 16.2. The summed E-state index contributed by atoms with van der Waals surface area (Å²) in [6, 6.07) is 3.38. The van der Waals surface area contributed by atoms with E-state index in [0.29, 0.717) is 12.1 Å². The Kier molecular flexibility index (Phi) is 7.27. The molecule has 0 heterocycles. The summed E-state index contributed by atoms with van der Waals surface area (Å²) in [5.74, 6) is -1.02. The molecule has 0 saturated carbocycles. The van der Waals surface area contributed by atoms with Crippen molar-refractivity contribution in [3.05, 3.63) is 24.8 Å². The lowest BCUT2D eigenvalue weighted by Crippen LogP contribution is -2.35. The van der Waals surface area contributed by atoms with E-state index >= 15 is 0 Å². The van der Waals surface area contributed by atoms with Gasteiger partial charge in [-0.2, -0.15) is 0 Å². The third-order valence-corrected chi connectivity index (χ3v) is 4.05. The minimum atomic E-state index is -1.05. The molecule has 5 nitrogen and oxygen atoms in total. The van der Waals surface area contributed by atoms with Gasteiger partial charge in [0.25, 0.3) is 0 Å². The van der Waals surface area contributed by atoms with Crippen LogP contribution in [0.4, 0.5) is 5.69 Å². The van der Waals surface area contributed by atoms with E-state index in [-0.39, 0.29) is 22.5 Å². The molecular formula is C13H14I2N2O3S. The van der Waals surface area contributed by atoms with E-state index in [1.54, 1.807) is 6.07 Å². The summed E-state index contributed by atoms with van der Waals surface area (Å²) in [7, 11) is 0. The van der Waals surface area contributed by atoms with Crippen LogP contribution in [0.1, 0.15) is 30.6 Å². The van der Waals surface area contributed by atoms with Crippen molar-refractivity contribution >= 4 is 80.1 Å². The summed E-state index contributed by atoms with van der Waals surface area (Å²) in [5.41, 5.74) is 0.505. The zero-order valence-corrected chi connectivity index (χ0v) is 16.5. The minimum absolute atomic E-state index is 0.0993. The van der Waals surface area contributed by atoms with Crippen LogP contribution in [0.5, 0.6) is 0 Å². The van der Waals surface area contributed by atoms with E-state index in [2.05, 4.69) is 10.6 Å². The van der Waals surface area contributed by atoms with Gasteiger partial charge in [0.15, 0.2) is 5.11 Å². The Bertz CT molecular complexity index is 591. The number of thiocarbonyl (C=S) groups is 1. The highest BCUT2D eigenvalue weighted by molar-refractivity contribution is 14.1. The number of rotatable bonds is 4. The topological polar surface area (TPSA) is 78.4 Å². The quantitative estimate of drug-likeness (QED) is 0.410. The number of hydrogen-bond acceptors (Lipinski definition) is 3. The van der Waals surface area contributed by atoms with Crippen molar-refractivity contribution in [2.75, 3.05) is 5.32 Å². The SMILES string of the molecule is CC(C)CC(=O)NC(=S)Nc1c(I)cc(I)cc1C(=O)O. The number of carbonyl (C=O) groups is 2. The minimum Gasteiger partial charge on any atom is -0.478 e. The number of carbonyl (C=O) groups excluding carboxylic acids is 1. The average Bonchev–Trinajstić information content (AvgIpc) is 2.30. The van der Waals surface area contributed by atoms with Gasteiger partial charge in [-0.3, -0.25) is 4.79 Å². The van der Waals surface area contributed by atoms with E-state index in [4.69, 9.17) is 12.2 Å². The van der Waals surface area contributed by atoms with Gasteiger partial charge in [-0.15, -0.1) is 0 Å². The Hall–Kier alpha value is -0.490. The fraction of sp³-hybridized carbons (Fsp3) is 0.308. The number of halogens is 2. The fourth-order valence-corrected chi connectivity index (χ4v) is 3.76. The predicted octanol–water partition coefficient (Wildman–Crippen LogP) is 3.45. The highest BCUT2D eigenvalue weighted by Crippen LogP contribution is 2.26. The normalized spacial score (nSPS) is 10.3. The molecule has 8 heteroatoms. The van der Waals surface area contributed by atoms with Crippen LogP contribution >= 0.6 is 57.4 Å². The highest BCUT2D eigenvalue weighted by atomic mass is 127. The lowest BCUT2D eigenvalue weighted by molar-refractivity contribution is -0.120. The summed E-state index contributed by atoms with van der Waals surface area (Å²) in [6.45, 7) is 3.86. The van der Waals surface area contributed by atoms with E-state index in [1.807, 2.05) is 65.1 Å². The first-order valence-electron chi connectivity index (χ1n) is 6.04. The average molecular weight is 532 g/mol. The Balaban J connectivity index is 2.90. The Morgan fingerprint density at radius 3 is 2.48 bits per heavy atom. The molecule has 114 valence electrons. The Morgan fingerprint density at radius 1 is 1.33 bits per heavy atom. The number of amides is 1. The molecule has 1 aromatic rings. The third kappa shape index (κ3) is 6.02. The van der Waals surface area contributed by atoms with E-state index in [9.17, 15) is 14.7 Å². The molecule has 0 fully saturated rings. The number of hydrogen-bond donors (Lipinski definition) is 3. The molecular weight excluding hydrogens is 518 g/mol. The van der Waals surface area contributed by atoms with Crippen LogP contribution in [0.2, 0.25) is 0 Å². The second-order valence-electron chi connectivity index (χ2n) is 4.72. The molecule has 0 aliphatic heterocycles. The maximum absolute atomic E-state index is 11.7. The van der Waals surface area contributed by atoms with Gasteiger partial charge in [-0.05, 0) is 75.5 Å². The van der Waals surface area contributed by atoms with E-state index in [0.717, 1.165) is 7.14 Å². The van der Waals surface area contributed by atoms with Crippen molar-refractivity contribution in [2.45, 2.75) is 20.3 Å². The maximum Gasteiger partial charge on any atom is 0.337 e. The van der Waals surface area contributed by atoms with Crippen LogP contribution in [-0.2, 0) is 4.79 Å². The van der Waals surface area contributed by atoms with Crippen molar-refractivity contribution in [1.82, 2.24) is 5.32 Å². The number of carboxylic acid groups (broad SMARTS) is 1. The highest BCUT2D eigenvalue weighted by Gasteiger charge is 2.16. The first-order valence-corrected chi connectivity index (χ1v) is 8.60. The largest absolute Gasteiger partial charge is 0.478 e. The summed E-state index contributed by atoms with van der Waals surface area (Å²) in [6.07, 6.45) is 0.359. The van der Waals surface area contributed by atoms with Gasteiger partial charge in [0.2, 0.25) is 5.91 Å². The summed E-state index contributed by atoms with van der Waals surface area (Å²) in [5, 5.41) is 14.7. The van der Waals surface area contributed by atoms with Crippen LogP contribution in [-0.4, -0.2) is 22.1 Å². The molecule has 1 amide bonds.